The van der Waals surface area contributed by atoms with Crippen molar-refractivity contribution in [3.05, 3.63) is 64.3 Å². The van der Waals surface area contributed by atoms with E-state index < -0.39 is 11.7 Å². The zero-order chi connectivity index (χ0) is 20.8. The van der Waals surface area contributed by atoms with E-state index in [2.05, 4.69) is 20.9 Å². The number of amides is 1. The minimum Gasteiger partial charge on any atom is -0.496 e. The standard InChI is InChI=1S/C23H25BrN2O3/c1-3-12-26(13-6-8-16-7-4-5-9-21(16)29-2)23(28)22(27)19-15-25-20-11-10-17(24)14-18(19)20/h4-5,7,9-11,14-15,25H,3,6,8,12-13H2,1-2H3. The molecule has 0 radical (unpaired) electrons. The summed E-state index contributed by atoms with van der Waals surface area (Å²) in [4.78, 5) is 30.6. The number of fused-ring (bicyclic) bond motifs is 1. The van der Waals surface area contributed by atoms with E-state index in [1.807, 2.05) is 49.4 Å². The van der Waals surface area contributed by atoms with E-state index in [0.29, 0.717) is 18.7 Å². The van der Waals surface area contributed by atoms with Gasteiger partial charge in [-0.2, -0.15) is 0 Å². The molecule has 0 spiro atoms. The molecule has 0 saturated heterocycles. The average molecular weight is 457 g/mol. The molecule has 3 aromatic rings. The Hall–Kier alpha value is -2.60. The number of nitrogens with zero attached hydrogens (tertiary/aromatic N) is 1. The van der Waals surface area contributed by atoms with E-state index in [1.165, 1.54) is 0 Å². The highest BCUT2D eigenvalue weighted by Gasteiger charge is 2.25. The van der Waals surface area contributed by atoms with Gasteiger partial charge in [0.2, 0.25) is 0 Å². The number of aromatic nitrogens is 1. The maximum absolute atomic E-state index is 13.0. The third kappa shape index (κ3) is 4.88. The van der Waals surface area contributed by atoms with Gasteiger partial charge in [0, 0.05) is 34.7 Å². The molecule has 0 aliphatic carbocycles. The Kier molecular flexibility index (Phi) is 7.09. The minimum atomic E-state index is -0.472. The lowest BCUT2D eigenvalue weighted by atomic mass is 10.1. The van der Waals surface area contributed by atoms with E-state index in [0.717, 1.165) is 46.0 Å². The van der Waals surface area contributed by atoms with Crippen molar-refractivity contribution in [2.24, 2.45) is 0 Å². The highest BCUT2D eigenvalue weighted by molar-refractivity contribution is 9.10. The number of H-pyrrole nitrogens is 1. The minimum absolute atomic E-state index is 0.414. The Morgan fingerprint density at radius 2 is 1.93 bits per heavy atom. The first-order chi connectivity index (χ1) is 14.0. The predicted molar refractivity (Wildman–Crippen MR) is 119 cm³/mol. The number of aromatic amines is 1. The molecule has 1 amide bonds. The molecule has 3 rings (SSSR count). The van der Waals surface area contributed by atoms with Crippen molar-refractivity contribution in [3.8, 4) is 5.75 Å². The second-order valence-corrected chi connectivity index (χ2v) is 7.84. The van der Waals surface area contributed by atoms with Crippen molar-refractivity contribution >= 4 is 38.5 Å². The monoisotopic (exact) mass is 456 g/mol. The normalized spacial score (nSPS) is 10.9. The third-order valence-corrected chi connectivity index (χ3v) is 5.42. The maximum atomic E-state index is 13.0. The first-order valence-corrected chi connectivity index (χ1v) is 10.6. The van der Waals surface area contributed by atoms with E-state index in [1.54, 1.807) is 18.2 Å². The zero-order valence-electron chi connectivity index (χ0n) is 16.7. The lowest BCUT2D eigenvalue weighted by Crippen LogP contribution is -2.38. The van der Waals surface area contributed by atoms with Crippen LogP contribution in [0, 0.1) is 0 Å². The summed E-state index contributed by atoms with van der Waals surface area (Å²) in [7, 11) is 1.66. The molecule has 0 bridgehead atoms. The highest BCUT2D eigenvalue weighted by atomic mass is 79.9. The van der Waals surface area contributed by atoms with Crippen molar-refractivity contribution in [2.45, 2.75) is 26.2 Å². The molecule has 152 valence electrons. The largest absolute Gasteiger partial charge is 0.496 e. The van der Waals surface area contributed by atoms with Crippen LogP contribution in [0.2, 0.25) is 0 Å². The summed E-state index contributed by atoms with van der Waals surface area (Å²) in [6.07, 6.45) is 3.97. The molecule has 6 heteroatoms. The first kappa shape index (κ1) is 21.1. The Balaban J connectivity index is 1.71. The van der Waals surface area contributed by atoms with Gasteiger partial charge in [-0.05, 0) is 49.1 Å². The van der Waals surface area contributed by atoms with Crippen LogP contribution in [-0.2, 0) is 11.2 Å². The molecular weight excluding hydrogens is 432 g/mol. The number of ketones is 1. The summed E-state index contributed by atoms with van der Waals surface area (Å²) in [5, 5.41) is 0.753. The molecule has 2 aromatic carbocycles. The fourth-order valence-electron chi connectivity index (χ4n) is 3.49. The molecule has 0 aliphatic rings. The Bertz CT molecular complexity index is 1010. The fraction of sp³-hybridized carbons (Fsp3) is 0.304. The van der Waals surface area contributed by atoms with Gasteiger partial charge in [-0.25, -0.2) is 0 Å². The van der Waals surface area contributed by atoms with Crippen LogP contribution in [0.15, 0.2) is 53.1 Å². The lowest BCUT2D eigenvalue weighted by molar-refractivity contribution is -0.126. The number of ether oxygens (including phenoxy) is 1. The van der Waals surface area contributed by atoms with Gasteiger partial charge in [0.25, 0.3) is 11.7 Å². The van der Waals surface area contributed by atoms with Crippen molar-refractivity contribution in [1.82, 2.24) is 9.88 Å². The zero-order valence-corrected chi connectivity index (χ0v) is 18.3. The molecule has 29 heavy (non-hydrogen) atoms. The van der Waals surface area contributed by atoms with Crippen LogP contribution in [0.4, 0.5) is 0 Å². The third-order valence-electron chi connectivity index (χ3n) is 4.93. The van der Waals surface area contributed by atoms with Crippen LogP contribution >= 0.6 is 15.9 Å². The molecule has 0 saturated carbocycles. The quantitative estimate of drug-likeness (QED) is 0.364. The van der Waals surface area contributed by atoms with Crippen LogP contribution in [0.5, 0.6) is 5.75 Å². The van der Waals surface area contributed by atoms with Gasteiger partial charge in [0.05, 0.1) is 12.7 Å². The van der Waals surface area contributed by atoms with Crippen molar-refractivity contribution in [2.75, 3.05) is 20.2 Å². The van der Waals surface area contributed by atoms with Crippen LogP contribution < -0.4 is 4.74 Å². The van der Waals surface area contributed by atoms with Crippen LogP contribution in [0.3, 0.4) is 0 Å². The molecule has 0 fully saturated rings. The van der Waals surface area contributed by atoms with Crippen LogP contribution in [-0.4, -0.2) is 41.8 Å². The molecular formula is C23H25BrN2O3. The highest BCUT2D eigenvalue weighted by Crippen LogP contribution is 2.24. The van der Waals surface area contributed by atoms with Gasteiger partial charge < -0.3 is 14.6 Å². The Labute approximate surface area is 179 Å². The predicted octanol–water partition coefficient (Wildman–Crippen LogP) is 4.99. The molecule has 0 unspecified atom stereocenters. The number of hydrogen-bond acceptors (Lipinski definition) is 3. The number of hydrogen-bond donors (Lipinski definition) is 1. The smallest absolute Gasteiger partial charge is 0.295 e. The number of nitrogens with one attached hydrogen (secondary N) is 1. The number of aryl methyl sites for hydroxylation is 1. The SMILES string of the molecule is CCCN(CCCc1ccccc1OC)C(=O)C(=O)c1c[nH]c2ccc(Br)cc12. The topological polar surface area (TPSA) is 62.4 Å². The van der Waals surface area contributed by atoms with E-state index >= 15 is 0 Å². The second kappa shape index (κ2) is 9.74. The number of benzene rings is 2. The molecule has 0 aliphatic heterocycles. The molecule has 1 aromatic heterocycles. The van der Waals surface area contributed by atoms with Gasteiger partial charge in [-0.1, -0.05) is 41.1 Å². The van der Waals surface area contributed by atoms with Gasteiger partial charge in [-0.15, -0.1) is 0 Å². The number of rotatable bonds is 9. The van der Waals surface area contributed by atoms with E-state index in [9.17, 15) is 9.59 Å². The summed E-state index contributed by atoms with van der Waals surface area (Å²) < 4.78 is 6.26. The Morgan fingerprint density at radius 1 is 1.14 bits per heavy atom. The summed E-state index contributed by atoms with van der Waals surface area (Å²) in [5.74, 6) is -0.0749. The second-order valence-electron chi connectivity index (χ2n) is 6.93. The number of carbonyl (C=O) groups excluding carboxylic acids is 2. The fourth-order valence-corrected chi connectivity index (χ4v) is 3.86. The number of methoxy groups -OCH3 is 1. The number of Topliss-reactive ketones (excluding diaryl/α,β-unsaturated/α-hetero) is 1. The molecule has 0 atom stereocenters. The first-order valence-electron chi connectivity index (χ1n) is 9.77. The van der Waals surface area contributed by atoms with Gasteiger partial charge >= 0.3 is 0 Å². The van der Waals surface area contributed by atoms with E-state index in [-0.39, 0.29) is 0 Å². The Morgan fingerprint density at radius 3 is 2.69 bits per heavy atom. The van der Waals surface area contributed by atoms with Gasteiger partial charge in [-0.3, -0.25) is 9.59 Å². The number of halogens is 1. The van der Waals surface area contributed by atoms with Gasteiger partial charge in [0.1, 0.15) is 5.75 Å². The number of para-hydroxylation sites is 1. The average Bonchev–Trinajstić information content (AvgIpc) is 3.15. The van der Waals surface area contributed by atoms with Crippen molar-refractivity contribution < 1.29 is 14.3 Å². The molecule has 5 nitrogen and oxygen atoms in total. The number of carbonyl (C=O) groups is 2. The molecule has 1 heterocycles. The van der Waals surface area contributed by atoms with Crippen LogP contribution in [0.1, 0.15) is 35.7 Å². The van der Waals surface area contributed by atoms with E-state index in [4.69, 9.17) is 4.74 Å². The summed E-state index contributed by atoms with van der Waals surface area (Å²) in [6.45, 7) is 3.10. The summed E-state index contributed by atoms with van der Waals surface area (Å²) in [6, 6.07) is 13.5. The summed E-state index contributed by atoms with van der Waals surface area (Å²) >= 11 is 3.43. The van der Waals surface area contributed by atoms with Crippen molar-refractivity contribution in [1.29, 1.82) is 0 Å². The summed E-state index contributed by atoms with van der Waals surface area (Å²) in [5.41, 5.74) is 2.35. The van der Waals surface area contributed by atoms with Crippen molar-refractivity contribution in [3.63, 3.8) is 0 Å². The maximum Gasteiger partial charge on any atom is 0.295 e. The van der Waals surface area contributed by atoms with Gasteiger partial charge in [0.15, 0.2) is 0 Å². The molecule has 1 N–H and O–H groups in total. The lowest BCUT2D eigenvalue weighted by Gasteiger charge is -2.21. The van der Waals surface area contributed by atoms with Crippen LogP contribution in [0.25, 0.3) is 10.9 Å².